The Bertz CT molecular complexity index is 133. The van der Waals surface area contributed by atoms with Gasteiger partial charge in [0, 0.05) is 0 Å². The van der Waals surface area contributed by atoms with Crippen LogP contribution in [0.2, 0.25) is 0 Å². The number of ether oxygens (including phenoxy) is 1. The van der Waals surface area contributed by atoms with Crippen LogP contribution in [0.3, 0.4) is 0 Å². The van der Waals surface area contributed by atoms with E-state index in [2.05, 4.69) is 0 Å². The summed E-state index contributed by atoms with van der Waals surface area (Å²) in [5.74, 6) is 0. The lowest BCUT2D eigenvalue weighted by atomic mass is 10.1. The molecule has 1 heterocycles. The van der Waals surface area contributed by atoms with E-state index in [1.807, 2.05) is 26.0 Å². The van der Waals surface area contributed by atoms with E-state index in [0.717, 1.165) is 6.10 Å². The lowest BCUT2D eigenvalue weighted by Crippen LogP contribution is -1.97. The molecule has 0 spiro atoms. The molecule has 1 nitrogen and oxygen atoms in total. The summed E-state index contributed by atoms with van der Waals surface area (Å²) in [4.78, 5) is 0. The molecular formula is C7H9O. The van der Waals surface area contributed by atoms with Crippen molar-refractivity contribution in [2.75, 3.05) is 0 Å². The Labute approximate surface area is 49.7 Å². The molecule has 1 radical (unpaired) electrons. The highest BCUT2D eigenvalue weighted by molar-refractivity contribution is 5.23. The summed E-state index contributed by atoms with van der Waals surface area (Å²) in [5.41, 5.74) is 1.20. The predicted octanol–water partition coefficient (Wildman–Crippen LogP) is 2.03. The van der Waals surface area contributed by atoms with Gasteiger partial charge in [-0.25, -0.2) is 0 Å². The molecule has 43 valence electrons. The third kappa shape index (κ3) is 0.915. The van der Waals surface area contributed by atoms with Crippen molar-refractivity contribution in [3.63, 3.8) is 0 Å². The first-order valence-electron chi connectivity index (χ1n) is 2.65. The van der Waals surface area contributed by atoms with Crippen molar-refractivity contribution in [3.8, 4) is 0 Å². The summed E-state index contributed by atoms with van der Waals surface area (Å²) < 4.78 is 5.06. The first kappa shape index (κ1) is 5.42. The molecule has 1 heteroatoms. The van der Waals surface area contributed by atoms with Crippen LogP contribution in [0.25, 0.3) is 0 Å². The molecule has 0 aliphatic carbocycles. The van der Waals surface area contributed by atoms with Crippen molar-refractivity contribution in [2.24, 2.45) is 0 Å². The van der Waals surface area contributed by atoms with Gasteiger partial charge in [-0.15, -0.1) is 0 Å². The van der Waals surface area contributed by atoms with Crippen LogP contribution in [0.5, 0.6) is 0 Å². The second kappa shape index (κ2) is 2.03. The molecule has 1 rings (SSSR count). The van der Waals surface area contributed by atoms with E-state index >= 15 is 0 Å². The van der Waals surface area contributed by atoms with Crippen molar-refractivity contribution < 1.29 is 4.74 Å². The minimum Gasteiger partial charge on any atom is -0.486 e. The maximum Gasteiger partial charge on any atom is 0.169 e. The third-order valence-corrected chi connectivity index (χ3v) is 1.22. The van der Waals surface area contributed by atoms with Gasteiger partial charge < -0.3 is 4.74 Å². The van der Waals surface area contributed by atoms with E-state index in [4.69, 9.17) is 4.74 Å². The summed E-state index contributed by atoms with van der Waals surface area (Å²) >= 11 is 0. The highest BCUT2D eigenvalue weighted by Gasteiger charge is 2.05. The fourth-order valence-electron chi connectivity index (χ4n) is 0.535. The van der Waals surface area contributed by atoms with Crippen molar-refractivity contribution in [1.82, 2.24) is 0 Å². The van der Waals surface area contributed by atoms with Crippen molar-refractivity contribution in [1.29, 1.82) is 0 Å². The molecule has 0 aromatic heterocycles. The van der Waals surface area contributed by atoms with Crippen LogP contribution in [0.4, 0.5) is 0 Å². The summed E-state index contributed by atoms with van der Waals surface area (Å²) in [6.07, 6.45) is 6.59. The van der Waals surface area contributed by atoms with Gasteiger partial charge in [0.25, 0.3) is 0 Å². The summed E-state index contributed by atoms with van der Waals surface area (Å²) in [5, 5.41) is 0. The van der Waals surface area contributed by atoms with Gasteiger partial charge >= 0.3 is 0 Å². The topological polar surface area (TPSA) is 9.23 Å². The second-order valence-electron chi connectivity index (χ2n) is 1.85. The average Bonchev–Trinajstić information content (AvgIpc) is 1.77. The highest BCUT2D eigenvalue weighted by Crippen LogP contribution is 2.17. The van der Waals surface area contributed by atoms with Gasteiger partial charge in [0.05, 0.1) is 6.26 Å². The Morgan fingerprint density at radius 1 is 1.38 bits per heavy atom. The summed E-state index contributed by atoms with van der Waals surface area (Å²) in [6, 6.07) is 0. The van der Waals surface area contributed by atoms with E-state index in [1.165, 1.54) is 5.57 Å². The lowest BCUT2D eigenvalue weighted by molar-refractivity contribution is 0.283. The monoisotopic (exact) mass is 109 g/mol. The molecule has 1 aliphatic rings. The zero-order valence-corrected chi connectivity index (χ0v) is 5.14. The second-order valence-corrected chi connectivity index (χ2v) is 1.85. The van der Waals surface area contributed by atoms with Crippen molar-refractivity contribution >= 4 is 0 Å². The average molecular weight is 109 g/mol. The number of allylic oxidation sites excluding steroid dienone is 2. The Morgan fingerprint density at radius 2 is 2.12 bits per heavy atom. The normalized spacial score (nSPS) is 20.0. The van der Waals surface area contributed by atoms with Crippen LogP contribution in [0.1, 0.15) is 13.8 Å². The molecular weight excluding hydrogens is 100 g/mol. The van der Waals surface area contributed by atoms with Crippen LogP contribution >= 0.6 is 0 Å². The molecule has 0 N–H and O–H groups in total. The molecule has 1 aliphatic heterocycles. The molecule has 0 atom stereocenters. The van der Waals surface area contributed by atoms with E-state index in [0.29, 0.717) is 0 Å². The summed E-state index contributed by atoms with van der Waals surface area (Å²) in [7, 11) is 0. The van der Waals surface area contributed by atoms with Crippen LogP contribution in [0.15, 0.2) is 24.0 Å². The third-order valence-electron chi connectivity index (χ3n) is 1.22. The fraction of sp³-hybridized carbons (Fsp3) is 0.286. The van der Waals surface area contributed by atoms with Gasteiger partial charge in [-0.1, -0.05) is 6.08 Å². The van der Waals surface area contributed by atoms with Gasteiger partial charge in [0.1, 0.15) is 0 Å². The molecule has 0 amide bonds. The zero-order valence-electron chi connectivity index (χ0n) is 5.14. The maximum absolute atomic E-state index is 5.06. The van der Waals surface area contributed by atoms with Crippen LogP contribution in [-0.2, 0) is 4.74 Å². The number of rotatable bonds is 0. The zero-order chi connectivity index (χ0) is 5.98. The van der Waals surface area contributed by atoms with E-state index in [-0.39, 0.29) is 0 Å². The number of hydrogen-bond acceptors (Lipinski definition) is 1. The number of hydrogen-bond donors (Lipinski definition) is 0. The quantitative estimate of drug-likeness (QED) is 0.462. The fourth-order valence-corrected chi connectivity index (χ4v) is 0.535. The molecule has 8 heavy (non-hydrogen) atoms. The first-order chi connectivity index (χ1) is 3.80. The van der Waals surface area contributed by atoms with E-state index < -0.39 is 0 Å². The minimum absolute atomic E-state index is 0.993. The van der Waals surface area contributed by atoms with Crippen molar-refractivity contribution in [2.45, 2.75) is 13.8 Å². The molecule has 0 bridgehead atoms. The van der Waals surface area contributed by atoms with E-state index in [9.17, 15) is 0 Å². The lowest BCUT2D eigenvalue weighted by Gasteiger charge is -2.12. The largest absolute Gasteiger partial charge is 0.486 e. The Kier molecular flexibility index (Phi) is 1.38. The van der Waals surface area contributed by atoms with Crippen molar-refractivity contribution in [3.05, 3.63) is 30.1 Å². The van der Waals surface area contributed by atoms with Gasteiger partial charge in [-0.3, -0.25) is 0 Å². The maximum atomic E-state index is 5.06. The van der Waals surface area contributed by atoms with Crippen LogP contribution in [-0.4, -0.2) is 0 Å². The molecule has 0 saturated heterocycles. The van der Waals surface area contributed by atoms with Gasteiger partial charge in [-0.05, 0) is 25.5 Å². The summed E-state index contributed by atoms with van der Waals surface area (Å²) in [6.45, 7) is 3.98. The van der Waals surface area contributed by atoms with Gasteiger partial charge in [-0.2, -0.15) is 0 Å². The SMILES string of the molecule is C[C]1OC=CC=C1C. The van der Waals surface area contributed by atoms with E-state index in [1.54, 1.807) is 6.26 Å². The smallest absolute Gasteiger partial charge is 0.169 e. The predicted molar refractivity (Wildman–Crippen MR) is 32.9 cm³/mol. The molecule has 0 aromatic rings. The molecule has 0 unspecified atom stereocenters. The highest BCUT2D eigenvalue weighted by atomic mass is 16.5. The Morgan fingerprint density at radius 3 is 2.50 bits per heavy atom. The first-order valence-corrected chi connectivity index (χ1v) is 2.65. The van der Waals surface area contributed by atoms with Crippen LogP contribution < -0.4 is 0 Å². The minimum atomic E-state index is 0.993. The molecule has 0 aromatic carbocycles. The molecule has 0 saturated carbocycles. The molecule has 0 fully saturated rings. The van der Waals surface area contributed by atoms with Crippen LogP contribution in [0, 0.1) is 6.10 Å². The standard InChI is InChI=1S/C7H9O/c1-6-4-3-5-8-7(6)2/h3-5H,1-2H3. The Balaban J connectivity index is 2.66. The Hall–Kier alpha value is -0.720. The van der Waals surface area contributed by atoms with Gasteiger partial charge in [0.15, 0.2) is 6.10 Å². The van der Waals surface area contributed by atoms with Gasteiger partial charge in [0.2, 0.25) is 0 Å².